The number of ether oxygens (including phenoxy) is 1. The van der Waals surface area contributed by atoms with Crippen molar-refractivity contribution < 1.29 is 13.2 Å². The lowest BCUT2D eigenvalue weighted by Gasteiger charge is -2.09. The molecule has 0 aliphatic carbocycles. The number of hydrogen-bond donors (Lipinski definition) is 2. The second-order valence-electron chi connectivity index (χ2n) is 3.06. The van der Waals surface area contributed by atoms with Gasteiger partial charge in [0, 0.05) is 5.69 Å². The molecule has 0 saturated heterocycles. The maximum Gasteiger partial charge on any atom is 0.222 e. The smallest absolute Gasteiger partial charge is 0.222 e. The van der Waals surface area contributed by atoms with Crippen molar-refractivity contribution in [2.75, 3.05) is 4.72 Å². The van der Waals surface area contributed by atoms with Gasteiger partial charge in [0.2, 0.25) is 10.9 Å². The van der Waals surface area contributed by atoms with E-state index in [4.69, 9.17) is 4.74 Å². The van der Waals surface area contributed by atoms with Crippen molar-refractivity contribution in [1.29, 1.82) is 0 Å². The Morgan fingerprint density at radius 3 is 2.21 bits per heavy atom. The SMILES string of the molecule is CC(C)Oc1ccc(N[SH](=O)=O)cc1. The molecule has 0 atom stereocenters. The highest BCUT2D eigenvalue weighted by Crippen LogP contribution is 2.16. The minimum atomic E-state index is -2.59. The zero-order valence-corrected chi connectivity index (χ0v) is 8.95. The molecule has 14 heavy (non-hydrogen) atoms. The number of hydrogen-bond acceptors (Lipinski definition) is 3. The molecule has 0 aliphatic rings. The zero-order valence-electron chi connectivity index (χ0n) is 8.06. The molecule has 0 aliphatic heterocycles. The average molecular weight is 215 g/mol. The predicted molar refractivity (Wildman–Crippen MR) is 56.1 cm³/mol. The number of benzene rings is 1. The summed E-state index contributed by atoms with van der Waals surface area (Å²) in [6, 6.07) is 6.76. The second kappa shape index (κ2) is 4.85. The van der Waals surface area contributed by atoms with Gasteiger partial charge in [0.15, 0.2) is 0 Å². The highest BCUT2D eigenvalue weighted by atomic mass is 32.2. The summed E-state index contributed by atoms with van der Waals surface area (Å²) in [5, 5.41) is 0. The van der Waals surface area contributed by atoms with E-state index in [1.54, 1.807) is 24.3 Å². The molecule has 1 aromatic carbocycles. The van der Waals surface area contributed by atoms with Crippen LogP contribution in [0.1, 0.15) is 13.8 Å². The van der Waals surface area contributed by atoms with E-state index >= 15 is 0 Å². The van der Waals surface area contributed by atoms with Crippen LogP contribution in [0.3, 0.4) is 0 Å². The van der Waals surface area contributed by atoms with Crippen molar-refractivity contribution >= 4 is 16.6 Å². The fourth-order valence-electron chi connectivity index (χ4n) is 0.986. The first kappa shape index (κ1) is 10.8. The molecule has 0 bridgehead atoms. The number of rotatable bonds is 4. The van der Waals surface area contributed by atoms with Gasteiger partial charge in [0.05, 0.1) is 6.10 Å². The molecule has 5 heteroatoms. The summed E-state index contributed by atoms with van der Waals surface area (Å²) < 4.78 is 28.3. The summed E-state index contributed by atoms with van der Waals surface area (Å²) in [7, 11) is -2.59. The quantitative estimate of drug-likeness (QED) is 0.747. The molecule has 0 radical (unpaired) electrons. The van der Waals surface area contributed by atoms with E-state index < -0.39 is 10.9 Å². The van der Waals surface area contributed by atoms with Gasteiger partial charge in [-0.2, -0.15) is 0 Å². The summed E-state index contributed by atoms with van der Waals surface area (Å²) in [6.45, 7) is 3.86. The Morgan fingerprint density at radius 1 is 1.21 bits per heavy atom. The third-order valence-corrected chi connectivity index (χ3v) is 1.89. The Morgan fingerprint density at radius 2 is 1.79 bits per heavy atom. The van der Waals surface area contributed by atoms with E-state index in [-0.39, 0.29) is 6.10 Å². The normalized spacial score (nSPS) is 10.6. The predicted octanol–water partition coefficient (Wildman–Crippen LogP) is 1.41. The van der Waals surface area contributed by atoms with E-state index in [1.807, 2.05) is 13.8 Å². The fourth-order valence-corrected chi connectivity index (χ4v) is 1.35. The summed E-state index contributed by atoms with van der Waals surface area (Å²) in [5.74, 6) is 0.728. The van der Waals surface area contributed by atoms with Gasteiger partial charge < -0.3 is 4.74 Å². The lowest BCUT2D eigenvalue weighted by molar-refractivity contribution is 0.242. The van der Waals surface area contributed by atoms with E-state index in [2.05, 4.69) is 4.72 Å². The molecule has 0 heterocycles. The van der Waals surface area contributed by atoms with Gasteiger partial charge >= 0.3 is 0 Å². The molecule has 1 aromatic rings. The van der Waals surface area contributed by atoms with Crippen molar-refractivity contribution in [3.05, 3.63) is 24.3 Å². The Labute approximate surface area is 85.0 Å². The molecule has 1 rings (SSSR count). The van der Waals surface area contributed by atoms with Crippen LogP contribution in [0.4, 0.5) is 5.69 Å². The molecular formula is C9H13NO3S. The second-order valence-corrected chi connectivity index (χ2v) is 3.80. The van der Waals surface area contributed by atoms with E-state index in [9.17, 15) is 8.42 Å². The van der Waals surface area contributed by atoms with Crippen LogP contribution in [0.2, 0.25) is 0 Å². The number of anilines is 1. The van der Waals surface area contributed by atoms with Gasteiger partial charge in [-0.1, -0.05) is 0 Å². The minimum Gasteiger partial charge on any atom is -0.491 e. The van der Waals surface area contributed by atoms with Gasteiger partial charge in [-0.15, -0.1) is 0 Å². The maximum atomic E-state index is 10.3. The van der Waals surface area contributed by atoms with Gasteiger partial charge in [0.1, 0.15) is 5.75 Å². The van der Waals surface area contributed by atoms with Crippen LogP contribution in [0, 0.1) is 0 Å². The standard InChI is InChI=1S/C9H13NO3S/c1-7(2)13-9-5-3-8(4-6-9)10-14(11)12/h3-7,14H,1-2H3,(H,10,11,12). The highest BCUT2D eigenvalue weighted by molar-refractivity contribution is 7.73. The molecule has 1 N–H and O–H groups in total. The van der Waals surface area contributed by atoms with Crippen molar-refractivity contribution in [1.82, 2.24) is 0 Å². The van der Waals surface area contributed by atoms with Crippen LogP contribution in [0.15, 0.2) is 24.3 Å². The largest absolute Gasteiger partial charge is 0.491 e. The molecule has 4 nitrogen and oxygen atoms in total. The molecular weight excluding hydrogens is 202 g/mol. The first-order valence-electron chi connectivity index (χ1n) is 4.25. The Bertz CT molecular complexity index is 349. The van der Waals surface area contributed by atoms with Gasteiger partial charge in [-0.25, -0.2) is 8.42 Å². The summed E-state index contributed by atoms with van der Waals surface area (Å²) in [6.07, 6.45) is 0.116. The molecule has 0 fully saturated rings. The highest BCUT2D eigenvalue weighted by Gasteiger charge is 1.97. The fraction of sp³-hybridized carbons (Fsp3) is 0.333. The van der Waals surface area contributed by atoms with Crippen molar-refractivity contribution in [3.8, 4) is 5.75 Å². The average Bonchev–Trinajstić information content (AvgIpc) is 2.06. The van der Waals surface area contributed by atoms with Crippen LogP contribution in [-0.4, -0.2) is 14.5 Å². The third-order valence-electron chi connectivity index (χ3n) is 1.45. The monoisotopic (exact) mass is 215 g/mol. The van der Waals surface area contributed by atoms with Crippen LogP contribution < -0.4 is 9.46 Å². The van der Waals surface area contributed by atoms with Crippen LogP contribution in [0.25, 0.3) is 0 Å². The Balaban J connectivity index is 2.68. The maximum absolute atomic E-state index is 10.3. The number of thiol groups is 1. The lowest BCUT2D eigenvalue weighted by atomic mass is 10.3. The van der Waals surface area contributed by atoms with Crippen molar-refractivity contribution in [2.24, 2.45) is 0 Å². The molecule has 0 spiro atoms. The Hall–Kier alpha value is -1.23. The minimum absolute atomic E-state index is 0.116. The number of nitrogens with one attached hydrogen (secondary N) is 1. The summed E-state index contributed by atoms with van der Waals surface area (Å²) in [4.78, 5) is 0. The summed E-state index contributed by atoms with van der Waals surface area (Å²) >= 11 is 0. The van der Waals surface area contributed by atoms with E-state index in [1.165, 1.54) is 0 Å². The molecule has 78 valence electrons. The first-order valence-corrected chi connectivity index (χ1v) is 5.43. The van der Waals surface area contributed by atoms with Crippen molar-refractivity contribution in [2.45, 2.75) is 20.0 Å². The molecule has 0 saturated carbocycles. The van der Waals surface area contributed by atoms with Crippen LogP contribution >= 0.6 is 0 Å². The van der Waals surface area contributed by atoms with Crippen molar-refractivity contribution in [3.63, 3.8) is 0 Å². The van der Waals surface area contributed by atoms with E-state index in [0.29, 0.717) is 5.69 Å². The zero-order chi connectivity index (χ0) is 10.6. The van der Waals surface area contributed by atoms with Crippen LogP contribution in [0.5, 0.6) is 5.75 Å². The van der Waals surface area contributed by atoms with Crippen LogP contribution in [-0.2, 0) is 10.9 Å². The summed E-state index contributed by atoms with van der Waals surface area (Å²) in [5.41, 5.74) is 0.539. The van der Waals surface area contributed by atoms with Gasteiger partial charge in [-0.05, 0) is 38.1 Å². The molecule has 0 unspecified atom stereocenters. The molecule has 0 aromatic heterocycles. The third kappa shape index (κ3) is 3.66. The van der Waals surface area contributed by atoms with Gasteiger partial charge in [0.25, 0.3) is 0 Å². The first-order chi connectivity index (χ1) is 6.58. The molecule has 0 amide bonds. The lowest BCUT2D eigenvalue weighted by Crippen LogP contribution is -2.05. The van der Waals surface area contributed by atoms with Gasteiger partial charge in [-0.3, -0.25) is 4.72 Å². The Kier molecular flexibility index (Phi) is 3.76. The topological polar surface area (TPSA) is 55.4 Å². The van der Waals surface area contributed by atoms with E-state index in [0.717, 1.165) is 5.75 Å².